The lowest BCUT2D eigenvalue weighted by atomic mass is 9.91. The van der Waals surface area contributed by atoms with Gasteiger partial charge in [-0.25, -0.2) is 0 Å². The number of para-hydroxylation sites is 2. The summed E-state index contributed by atoms with van der Waals surface area (Å²) < 4.78 is 10.0. The summed E-state index contributed by atoms with van der Waals surface area (Å²) in [7, 11) is 5.36. The highest BCUT2D eigenvalue weighted by Crippen LogP contribution is 2.34. The third-order valence-corrected chi connectivity index (χ3v) is 4.14. The van der Waals surface area contributed by atoms with Gasteiger partial charge in [0.05, 0.1) is 20.3 Å². The van der Waals surface area contributed by atoms with Gasteiger partial charge in [-0.2, -0.15) is 0 Å². The first-order chi connectivity index (χ1) is 11.6. The Morgan fingerprint density at radius 1 is 1.12 bits per heavy atom. The average molecular weight is 335 g/mol. The van der Waals surface area contributed by atoms with Gasteiger partial charge in [0.1, 0.15) is 6.29 Å². The van der Waals surface area contributed by atoms with Crippen molar-refractivity contribution < 1.29 is 19.4 Å². The van der Waals surface area contributed by atoms with E-state index >= 15 is 0 Å². The highest BCUT2D eigenvalue weighted by molar-refractivity contribution is 5.44. The molecule has 1 heterocycles. The fourth-order valence-corrected chi connectivity index (χ4v) is 2.93. The predicted octanol–water partition coefficient (Wildman–Crippen LogP) is 2.89. The van der Waals surface area contributed by atoms with Crippen LogP contribution in [0.15, 0.2) is 36.0 Å². The van der Waals surface area contributed by atoms with Crippen molar-refractivity contribution in [2.45, 2.75) is 32.3 Å². The maximum Gasteiger partial charge on any atom is 0.160 e. The molecule has 3 rings (SSSR count). The van der Waals surface area contributed by atoms with Gasteiger partial charge in [-0.3, -0.25) is 0 Å². The van der Waals surface area contributed by atoms with E-state index in [1.165, 1.54) is 32.0 Å². The van der Waals surface area contributed by atoms with Crippen molar-refractivity contribution in [1.29, 1.82) is 0 Å². The average Bonchev–Trinajstić information content (AvgIpc) is 2.96. The Labute approximate surface area is 144 Å². The first-order valence-corrected chi connectivity index (χ1v) is 8.25. The number of carbonyl (C=O) groups is 1. The molecule has 0 saturated carbocycles. The van der Waals surface area contributed by atoms with Crippen LogP contribution in [0.2, 0.25) is 0 Å². The molecule has 1 aromatic rings. The Morgan fingerprint density at radius 2 is 1.67 bits per heavy atom. The van der Waals surface area contributed by atoms with E-state index in [-0.39, 0.29) is 6.10 Å². The Bertz CT molecular complexity index is 507. The Balaban J connectivity index is 0.000000208. The van der Waals surface area contributed by atoms with E-state index in [0.717, 1.165) is 30.1 Å². The van der Waals surface area contributed by atoms with Crippen LogP contribution in [-0.4, -0.2) is 50.2 Å². The number of aliphatic hydroxyl groups is 1. The molecule has 2 unspecified atom stereocenters. The minimum atomic E-state index is -0.179. The largest absolute Gasteiger partial charge is 0.493 e. The maximum atomic E-state index is 9.37. The summed E-state index contributed by atoms with van der Waals surface area (Å²) in [5.74, 6) is 2.29. The molecule has 1 N–H and O–H groups in total. The van der Waals surface area contributed by atoms with Crippen molar-refractivity contribution >= 4 is 6.29 Å². The van der Waals surface area contributed by atoms with Gasteiger partial charge in [-0.05, 0) is 44.4 Å². The van der Waals surface area contributed by atoms with Gasteiger partial charge in [0.15, 0.2) is 11.5 Å². The molecule has 0 bridgehead atoms. The van der Waals surface area contributed by atoms with Crippen LogP contribution < -0.4 is 9.47 Å². The molecule has 134 valence electrons. The normalized spacial score (nSPS) is 21.2. The highest BCUT2D eigenvalue weighted by Gasteiger charge is 2.29. The Morgan fingerprint density at radius 3 is 2.17 bits per heavy atom. The van der Waals surface area contributed by atoms with Gasteiger partial charge >= 0.3 is 0 Å². The molecule has 5 heteroatoms. The number of nitrogens with zero attached hydrogens (tertiary/aromatic N) is 1. The van der Waals surface area contributed by atoms with Crippen LogP contribution in [0, 0.1) is 5.92 Å². The van der Waals surface area contributed by atoms with Crippen molar-refractivity contribution in [2.75, 3.05) is 27.8 Å². The fourth-order valence-electron chi connectivity index (χ4n) is 2.93. The van der Waals surface area contributed by atoms with Gasteiger partial charge in [-0.15, -0.1) is 0 Å². The number of allylic oxidation sites excluding steroid dienone is 1. The van der Waals surface area contributed by atoms with Crippen molar-refractivity contribution in [3.8, 4) is 11.5 Å². The molecule has 1 fully saturated rings. The summed E-state index contributed by atoms with van der Waals surface area (Å²) in [5.41, 5.74) is 1.38. The third-order valence-electron chi connectivity index (χ3n) is 4.14. The second-order valence-electron chi connectivity index (χ2n) is 5.73. The molecule has 2 aliphatic rings. The predicted molar refractivity (Wildman–Crippen MR) is 95.3 cm³/mol. The van der Waals surface area contributed by atoms with Crippen molar-refractivity contribution in [3.05, 3.63) is 36.0 Å². The van der Waals surface area contributed by atoms with Gasteiger partial charge in [0, 0.05) is 25.2 Å². The Hall–Kier alpha value is -2.01. The molecule has 1 aromatic carbocycles. The summed E-state index contributed by atoms with van der Waals surface area (Å²) in [6.45, 7) is 2.61. The summed E-state index contributed by atoms with van der Waals surface area (Å²) in [6.07, 6.45) is 6.03. The number of likely N-dealkylation sites (tertiary alicyclic amines) is 1. The summed E-state index contributed by atoms with van der Waals surface area (Å²) in [5, 5.41) is 9.37. The number of aliphatic hydroxyl groups excluding tert-OH is 1. The van der Waals surface area contributed by atoms with Crippen LogP contribution in [0.5, 0.6) is 11.5 Å². The van der Waals surface area contributed by atoms with Crippen molar-refractivity contribution in [2.24, 2.45) is 5.92 Å². The number of fused-ring (bicyclic) bond motifs is 1. The number of rotatable bonds is 2. The zero-order valence-electron chi connectivity index (χ0n) is 15.1. The van der Waals surface area contributed by atoms with E-state index in [1.54, 1.807) is 14.2 Å². The monoisotopic (exact) mass is 335 g/mol. The number of benzene rings is 1. The summed E-state index contributed by atoms with van der Waals surface area (Å²) in [4.78, 5) is 11.1. The van der Waals surface area contributed by atoms with E-state index < -0.39 is 0 Å². The van der Waals surface area contributed by atoms with Gasteiger partial charge in [0.25, 0.3) is 0 Å². The van der Waals surface area contributed by atoms with Crippen molar-refractivity contribution in [1.82, 2.24) is 4.90 Å². The fraction of sp³-hybridized carbons (Fsp3) is 0.526. The first kappa shape index (κ1) is 20.0. The summed E-state index contributed by atoms with van der Waals surface area (Å²) in [6, 6.07) is 7.53. The van der Waals surface area contributed by atoms with E-state index in [4.69, 9.17) is 14.3 Å². The van der Waals surface area contributed by atoms with Crippen LogP contribution in [0.1, 0.15) is 26.2 Å². The van der Waals surface area contributed by atoms with E-state index in [2.05, 4.69) is 11.9 Å². The molecule has 1 aliphatic heterocycles. The molecule has 24 heavy (non-hydrogen) atoms. The minimum Gasteiger partial charge on any atom is -0.493 e. The Kier molecular flexibility index (Phi) is 8.94. The molecular formula is C19H29NO4. The van der Waals surface area contributed by atoms with Crippen LogP contribution in [0.4, 0.5) is 0 Å². The standard InChI is InChI=1S/C9H15NO.C8H10O2.C2H4O/c1-10-5-4-7-2-3-8(11)6-9(7)10;1-9-7-5-3-4-6-8(7)10-2;1-2-3/h6-8,11H,2-5H2,1H3;3-6H,1-2H3;2H,1H3. The number of methoxy groups -OCH3 is 2. The second kappa shape index (κ2) is 10.7. The lowest BCUT2D eigenvalue weighted by Crippen LogP contribution is -2.20. The van der Waals surface area contributed by atoms with Crippen LogP contribution in [0.3, 0.4) is 0 Å². The lowest BCUT2D eigenvalue weighted by molar-refractivity contribution is -0.106. The zero-order chi connectivity index (χ0) is 17.9. The number of hydrogen-bond donors (Lipinski definition) is 1. The van der Waals surface area contributed by atoms with Crippen molar-refractivity contribution in [3.63, 3.8) is 0 Å². The van der Waals surface area contributed by atoms with Crippen LogP contribution in [0.25, 0.3) is 0 Å². The number of hydrogen-bond acceptors (Lipinski definition) is 5. The topological polar surface area (TPSA) is 59.0 Å². The van der Waals surface area contributed by atoms with Crippen LogP contribution >= 0.6 is 0 Å². The SMILES string of the molecule is CC=O.CN1CCC2CCC(O)C=C21.COc1ccccc1OC. The van der Waals surface area contributed by atoms with E-state index in [9.17, 15) is 5.11 Å². The van der Waals surface area contributed by atoms with E-state index in [1.807, 2.05) is 30.3 Å². The molecular weight excluding hydrogens is 306 g/mol. The van der Waals surface area contributed by atoms with Gasteiger partial charge in [-0.1, -0.05) is 12.1 Å². The molecule has 1 aliphatic carbocycles. The quantitative estimate of drug-likeness (QED) is 0.842. The molecule has 5 nitrogen and oxygen atoms in total. The minimum absolute atomic E-state index is 0.179. The molecule has 0 spiro atoms. The molecule has 0 aromatic heterocycles. The van der Waals surface area contributed by atoms with E-state index in [0.29, 0.717) is 0 Å². The van der Waals surface area contributed by atoms with Gasteiger partial charge in [0.2, 0.25) is 0 Å². The van der Waals surface area contributed by atoms with Gasteiger partial charge < -0.3 is 24.3 Å². The first-order valence-electron chi connectivity index (χ1n) is 8.25. The smallest absolute Gasteiger partial charge is 0.160 e. The second-order valence-corrected chi connectivity index (χ2v) is 5.73. The number of aldehydes is 1. The van der Waals surface area contributed by atoms with Crippen LogP contribution in [-0.2, 0) is 4.79 Å². The zero-order valence-corrected chi connectivity index (χ0v) is 15.1. The highest BCUT2D eigenvalue weighted by atomic mass is 16.5. The number of carbonyl (C=O) groups excluding carboxylic acids is 1. The molecule has 2 atom stereocenters. The molecule has 0 amide bonds. The molecule has 1 saturated heterocycles. The summed E-state index contributed by atoms with van der Waals surface area (Å²) >= 11 is 0. The molecule has 0 radical (unpaired) electrons. The third kappa shape index (κ3) is 5.89. The maximum absolute atomic E-state index is 9.37. The number of ether oxygens (including phenoxy) is 2. The lowest BCUT2D eigenvalue weighted by Gasteiger charge is -2.24.